The van der Waals surface area contributed by atoms with E-state index in [1.54, 1.807) is 17.0 Å². The molecule has 2 amide bonds. The number of alkyl halides is 3. The number of anilines is 1. The smallest absolute Gasteiger partial charge is 0.448 e. The number of amides is 2. The van der Waals surface area contributed by atoms with E-state index in [2.05, 4.69) is 20.3 Å². The number of halogens is 3. The first kappa shape index (κ1) is 24.5. The predicted molar refractivity (Wildman–Crippen MR) is 129 cm³/mol. The molecule has 1 aliphatic rings. The van der Waals surface area contributed by atoms with E-state index in [9.17, 15) is 22.8 Å². The Morgan fingerprint density at radius 2 is 1.84 bits per heavy atom. The summed E-state index contributed by atoms with van der Waals surface area (Å²) >= 11 is 0. The monoisotopic (exact) mass is 511 g/mol. The van der Waals surface area contributed by atoms with Crippen molar-refractivity contribution in [2.24, 2.45) is 0 Å². The average Bonchev–Trinajstić information content (AvgIpc) is 3.56. The number of carbonyl (C=O) groups is 2. The van der Waals surface area contributed by atoms with E-state index in [1.807, 2.05) is 19.1 Å². The van der Waals surface area contributed by atoms with Crippen LogP contribution in [0.15, 0.2) is 53.1 Å². The number of hydrogen-bond acceptors (Lipinski definition) is 5. The largest absolute Gasteiger partial charge is 0.449 e. The van der Waals surface area contributed by atoms with Crippen LogP contribution in [0.1, 0.15) is 63.8 Å². The van der Waals surface area contributed by atoms with E-state index in [0.29, 0.717) is 36.8 Å². The molecule has 1 aliphatic heterocycles. The lowest BCUT2D eigenvalue weighted by atomic mass is 9.89. The van der Waals surface area contributed by atoms with Crippen molar-refractivity contribution in [1.29, 1.82) is 0 Å². The Morgan fingerprint density at radius 3 is 2.49 bits per heavy atom. The molecule has 192 valence electrons. The third-order valence-electron chi connectivity index (χ3n) is 6.52. The molecule has 5 rings (SSSR count). The molecule has 3 heterocycles. The highest BCUT2D eigenvalue weighted by molar-refractivity contribution is 6.11. The van der Waals surface area contributed by atoms with Crippen molar-refractivity contribution < 1.29 is 27.2 Å². The van der Waals surface area contributed by atoms with Gasteiger partial charge in [-0.2, -0.15) is 13.2 Å². The van der Waals surface area contributed by atoms with Gasteiger partial charge in [-0.3, -0.25) is 9.59 Å². The SMILES string of the molecule is CCc1nc(C(=O)N2CCC(c3ccc(NC(=O)c4cccc5[nH]c(C(F)(F)F)nc45)cc3)CC2)co1. The maximum absolute atomic E-state index is 13.0. The van der Waals surface area contributed by atoms with Crippen LogP contribution in [-0.4, -0.2) is 44.8 Å². The van der Waals surface area contributed by atoms with E-state index >= 15 is 0 Å². The fourth-order valence-electron chi connectivity index (χ4n) is 4.54. The Hall–Kier alpha value is -4.15. The summed E-state index contributed by atoms with van der Waals surface area (Å²) in [4.78, 5) is 37.3. The van der Waals surface area contributed by atoms with Crippen LogP contribution in [0.5, 0.6) is 0 Å². The van der Waals surface area contributed by atoms with Crippen LogP contribution >= 0.6 is 0 Å². The minimum absolute atomic E-state index is 0.0400. The zero-order valence-corrected chi connectivity index (χ0v) is 19.9. The molecule has 0 saturated carbocycles. The van der Waals surface area contributed by atoms with Gasteiger partial charge < -0.3 is 19.6 Å². The maximum atomic E-state index is 13.0. The highest BCUT2D eigenvalue weighted by atomic mass is 19.4. The van der Waals surface area contributed by atoms with Crippen molar-refractivity contribution in [1.82, 2.24) is 19.9 Å². The Labute approximate surface area is 209 Å². The second kappa shape index (κ2) is 9.72. The lowest BCUT2D eigenvalue weighted by Crippen LogP contribution is -2.38. The number of aromatic amines is 1. The van der Waals surface area contributed by atoms with Gasteiger partial charge in [-0.1, -0.05) is 25.1 Å². The molecule has 2 aromatic heterocycles. The Balaban J connectivity index is 1.21. The average molecular weight is 512 g/mol. The van der Waals surface area contributed by atoms with Gasteiger partial charge in [0, 0.05) is 25.2 Å². The molecular formula is C26H24F3N5O3. The molecule has 0 unspecified atom stereocenters. The van der Waals surface area contributed by atoms with Crippen LogP contribution in [-0.2, 0) is 12.6 Å². The summed E-state index contributed by atoms with van der Waals surface area (Å²) in [6, 6.07) is 11.7. The molecule has 0 bridgehead atoms. The van der Waals surface area contributed by atoms with Crippen LogP contribution in [0, 0.1) is 0 Å². The number of para-hydroxylation sites is 1. The summed E-state index contributed by atoms with van der Waals surface area (Å²) in [6.07, 6.45) is -1.02. The first-order valence-corrected chi connectivity index (χ1v) is 11.9. The number of piperidine rings is 1. The number of hydrogen-bond donors (Lipinski definition) is 2. The zero-order chi connectivity index (χ0) is 26.2. The third-order valence-corrected chi connectivity index (χ3v) is 6.52. The molecule has 0 spiro atoms. The second-order valence-electron chi connectivity index (χ2n) is 8.91. The molecule has 8 nitrogen and oxygen atoms in total. The van der Waals surface area contributed by atoms with Gasteiger partial charge in [-0.15, -0.1) is 0 Å². The van der Waals surface area contributed by atoms with Gasteiger partial charge in [0.05, 0.1) is 11.1 Å². The summed E-state index contributed by atoms with van der Waals surface area (Å²) in [7, 11) is 0. The van der Waals surface area contributed by atoms with Crippen molar-refractivity contribution in [3.8, 4) is 0 Å². The lowest BCUT2D eigenvalue weighted by molar-refractivity contribution is -0.144. The van der Waals surface area contributed by atoms with Gasteiger partial charge >= 0.3 is 6.18 Å². The van der Waals surface area contributed by atoms with Crippen LogP contribution in [0.25, 0.3) is 11.0 Å². The molecule has 0 radical (unpaired) electrons. The van der Waals surface area contributed by atoms with E-state index in [4.69, 9.17) is 4.42 Å². The first-order chi connectivity index (χ1) is 17.7. The van der Waals surface area contributed by atoms with Crippen molar-refractivity contribution in [3.05, 3.63) is 77.3 Å². The van der Waals surface area contributed by atoms with Gasteiger partial charge in [0.15, 0.2) is 11.6 Å². The molecule has 4 aromatic rings. The maximum Gasteiger partial charge on any atom is 0.449 e. The standard InChI is InChI=1S/C26H24F3N5O3/c1-2-21-31-20(14-37-21)24(36)34-12-10-16(11-13-34)15-6-8-17(9-7-15)30-23(35)18-4-3-5-19-22(18)33-25(32-19)26(27,28)29/h3-9,14,16H,2,10-13H2,1H3,(H,30,35)(H,32,33). The van der Waals surface area contributed by atoms with Gasteiger partial charge in [-0.05, 0) is 48.6 Å². The Kier molecular flexibility index (Phi) is 6.45. The number of nitrogens with one attached hydrogen (secondary N) is 2. The van der Waals surface area contributed by atoms with Crippen molar-refractivity contribution >= 4 is 28.5 Å². The number of fused-ring (bicyclic) bond motifs is 1. The molecule has 2 N–H and O–H groups in total. The van der Waals surface area contributed by atoms with E-state index in [1.165, 1.54) is 24.5 Å². The number of H-pyrrole nitrogens is 1. The zero-order valence-electron chi connectivity index (χ0n) is 19.9. The summed E-state index contributed by atoms with van der Waals surface area (Å²) in [5.74, 6) is -1.03. The van der Waals surface area contributed by atoms with Crippen LogP contribution in [0.2, 0.25) is 0 Å². The topological polar surface area (TPSA) is 104 Å². The quantitative estimate of drug-likeness (QED) is 0.373. The number of oxazole rings is 1. The molecule has 2 aromatic carbocycles. The molecule has 11 heteroatoms. The highest BCUT2D eigenvalue weighted by Crippen LogP contribution is 2.31. The molecule has 0 atom stereocenters. The van der Waals surface area contributed by atoms with Crippen molar-refractivity contribution in [3.63, 3.8) is 0 Å². The van der Waals surface area contributed by atoms with Gasteiger partial charge in [-0.25, -0.2) is 9.97 Å². The number of imidazole rings is 1. The number of rotatable bonds is 5. The second-order valence-corrected chi connectivity index (χ2v) is 8.91. The van der Waals surface area contributed by atoms with Crippen molar-refractivity contribution in [2.45, 2.75) is 38.3 Å². The third kappa shape index (κ3) is 5.07. The van der Waals surface area contributed by atoms with Crippen molar-refractivity contribution in [2.75, 3.05) is 18.4 Å². The van der Waals surface area contributed by atoms with Gasteiger partial charge in [0.2, 0.25) is 5.82 Å². The normalized spacial score (nSPS) is 14.8. The summed E-state index contributed by atoms with van der Waals surface area (Å²) in [6.45, 7) is 3.11. The molecular weight excluding hydrogens is 487 g/mol. The summed E-state index contributed by atoms with van der Waals surface area (Å²) in [5, 5.41) is 2.73. The van der Waals surface area contributed by atoms with Gasteiger partial charge in [0.1, 0.15) is 11.8 Å². The number of likely N-dealkylation sites (tertiary alicyclic amines) is 1. The number of aryl methyl sites for hydroxylation is 1. The fourth-order valence-corrected chi connectivity index (χ4v) is 4.54. The minimum Gasteiger partial charge on any atom is -0.448 e. The molecule has 0 aliphatic carbocycles. The Bertz CT molecular complexity index is 1430. The lowest BCUT2D eigenvalue weighted by Gasteiger charge is -2.31. The highest BCUT2D eigenvalue weighted by Gasteiger charge is 2.35. The number of nitrogens with zero attached hydrogens (tertiary/aromatic N) is 3. The van der Waals surface area contributed by atoms with Crippen LogP contribution in [0.3, 0.4) is 0 Å². The first-order valence-electron chi connectivity index (χ1n) is 11.9. The predicted octanol–water partition coefficient (Wildman–Crippen LogP) is 5.40. The fraction of sp³-hybridized carbons (Fsp3) is 0.308. The summed E-state index contributed by atoms with van der Waals surface area (Å²) in [5.41, 5.74) is 2.07. The summed E-state index contributed by atoms with van der Waals surface area (Å²) < 4.78 is 44.4. The molecule has 1 fully saturated rings. The van der Waals surface area contributed by atoms with Gasteiger partial charge in [0.25, 0.3) is 11.8 Å². The van der Waals surface area contributed by atoms with E-state index in [0.717, 1.165) is 18.4 Å². The molecule has 37 heavy (non-hydrogen) atoms. The number of benzene rings is 2. The number of aromatic nitrogens is 3. The molecule has 1 saturated heterocycles. The van der Waals surface area contributed by atoms with E-state index in [-0.39, 0.29) is 28.4 Å². The number of carbonyl (C=O) groups excluding carboxylic acids is 2. The minimum atomic E-state index is -4.64. The Morgan fingerprint density at radius 1 is 1.11 bits per heavy atom. The van der Waals surface area contributed by atoms with Crippen LogP contribution in [0.4, 0.5) is 18.9 Å². The van der Waals surface area contributed by atoms with Crippen LogP contribution < -0.4 is 5.32 Å². The van der Waals surface area contributed by atoms with E-state index < -0.39 is 17.9 Å².